The molecule has 1 aliphatic heterocycles. The predicted molar refractivity (Wildman–Crippen MR) is 108 cm³/mol. The summed E-state index contributed by atoms with van der Waals surface area (Å²) >= 11 is 4.81. The number of carbonyl (C=O) groups is 2. The number of hydrogen-bond acceptors (Lipinski definition) is 3. The van der Waals surface area contributed by atoms with Crippen molar-refractivity contribution in [1.82, 2.24) is 0 Å². The van der Waals surface area contributed by atoms with Crippen LogP contribution in [0.2, 0.25) is 0 Å². The number of fused-ring (bicyclic) bond motifs is 1. The topological polar surface area (TPSA) is 49.4 Å². The number of rotatable bonds is 3. The Balaban J connectivity index is 1.52. The fraction of sp³-hybridized carbons (Fsp3) is 0.100. The lowest BCUT2D eigenvalue weighted by molar-refractivity contribution is 0.0991. The average molecular weight is 427 g/mol. The average Bonchev–Trinajstić information content (AvgIpc) is 3.31. The molecule has 2 aromatic carbocycles. The van der Waals surface area contributed by atoms with Crippen molar-refractivity contribution in [3.05, 3.63) is 80.5 Å². The van der Waals surface area contributed by atoms with Gasteiger partial charge in [-0.2, -0.15) is 0 Å². The summed E-state index contributed by atoms with van der Waals surface area (Å²) in [5.41, 5.74) is 3.33. The molecule has 6 heteroatoms. The lowest BCUT2D eigenvalue weighted by Crippen LogP contribution is -2.28. The molecule has 4 nitrogen and oxygen atoms in total. The van der Waals surface area contributed by atoms with Crippen LogP contribution in [-0.4, -0.2) is 18.4 Å². The minimum Gasteiger partial charge on any atom is -0.322 e. The number of nitrogens with one attached hydrogen (secondary N) is 1. The lowest BCUT2D eigenvalue weighted by Gasteiger charge is -2.16. The Morgan fingerprint density at radius 1 is 1.08 bits per heavy atom. The highest BCUT2D eigenvalue weighted by Crippen LogP contribution is 2.32. The molecule has 4 rings (SSSR count). The predicted octanol–water partition coefficient (Wildman–Crippen LogP) is 4.97. The van der Waals surface area contributed by atoms with Gasteiger partial charge in [-0.25, -0.2) is 0 Å². The molecule has 3 aromatic rings. The Hall–Kier alpha value is -2.44. The number of thiophene rings is 1. The zero-order valence-electron chi connectivity index (χ0n) is 13.7. The van der Waals surface area contributed by atoms with Gasteiger partial charge >= 0.3 is 0 Å². The summed E-state index contributed by atoms with van der Waals surface area (Å²) < 4.78 is 0.932. The van der Waals surface area contributed by atoms with Crippen molar-refractivity contribution in [1.29, 1.82) is 0 Å². The van der Waals surface area contributed by atoms with E-state index in [1.807, 2.05) is 52.7 Å². The van der Waals surface area contributed by atoms with Crippen molar-refractivity contribution in [2.75, 3.05) is 16.8 Å². The molecular weight excluding hydrogens is 412 g/mol. The fourth-order valence-electron chi connectivity index (χ4n) is 3.03. The largest absolute Gasteiger partial charge is 0.322 e. The summed E-state index contributed by atoms with van der Waals surface area (Å²) in [6.07, 6.45) is 0.786. The normalized spacial score (nSPS) is 12.7. The molecular formula is C20H15BrN2O2S. The molecule has 2 amide bonds. The van der Waals surface area contributed by atoms with Gasteiger partial charge in [0, 0.05) is 28.0 Å². The van der Waals surface area contributed by atoms with E-state index in [0.29, 0.717) is 12.1 Å². The maximum atomic E-state index is 12.6. The first-order valence-electron chi connectivity index (χ1n) is 8.17. The van der Waals surface area contributed by atoms with Gasteiger partial charge < -0.3 is 10.2 Å². The second kappa shape index (κ2) is 7.05. The maximum Gasteiger partial charge on any atom is 0.268 e. The van der Waals surface area contributed by atoms with E-state index < -0.39 is 0 Å². The fourth-order valence-corrected chi connectivity index (χ4v) is 3.96. The molecule has 1 aromatic heterocycles. The Kier molecular flexibility index (Phi) is 4.61. The molecule has 2 heterocycles. The molecule has 0 saturated carbocycles. The van der Waals surface area contributed by atoms with Gasteiger partial charge in [0.25, 0.3) is 11.8 Å². The molecule has 0 fully saturated rings. The van der Waals surface area contributed by atoms with Crippen molar-refractivity contribution in [3.8, 4) is 0 Å². The lowest BCUT2D eigenvalue weighted by atomic mass is 10.1. The standard InChI is InChI=1S/C20H15BrN2O2S/c21-15-5-3-13(4-6-15)19(24)22-16-7-8-17-14(12-16)9-10-23(17)20(25)18-2-1-11-26-18/h1-8,11-12H,9-10H2,(H,22,24). The monoisotopic (exact) mass is 426 g/mol. The number of anilines is 2. The third kappa shape index (κ3) is 3.30. The van der Waals surface area contributed by atoms with E-state index in [1.165, 1.54) is 11.3 Å². The van der Waals surface area contributed by atoms with Crippen LogP contribution in [0.4, 0.5) is 11.4 Å². The van der Waals surface area contributed by atoms with Crippen LogP contribution in [0.25, 0.3) is 0 Å². The Morgan fingerprint density at radius 2 is 1.88 bits per heavy atom. The van der Waals surface area contributed by atoms with E-state index in [4.69, 9.17) is 0 Å². The molecule has 0 spiro atoms. The van der Waals surface area contributed by atoms with Crippen molar-refractivity contribution < 1.29 is 9.59 Å². The number of nitrogens with zero attached hydrogens (tertiary/aromatic N) is 1. The summed E-state index contributed by atoms with van der Waals surface area (Å²) in [7, 11) is 0. The van der Waals surface area contributed by atoms with Crippen LogP contribution >= 0.6 is 27.3 Å². The van der Waals surface area contributed by atoms with Crippen LogP contribution in [0.5, 0.6) is 0 Å². The van der Waals surface area contributed by atoms with Gasteiger partial charge in [-0.1, -0.05) is 22.0 Å². The molecule has 0 radical (unpaired) electrons. The summed E-state index contributed by atoms with van der Waals surface area (Å²) in [5.74, 6) is -0.118. The van der Waals surface area contributed by atoms with Gasteiger partial charge in [0.2, 0.25) is 0 Å². The second-order valence-corrected chi connectivity index (χ2v) is 7.85. The highest BCUT2D eigenvalue weighted by molar-refractivity contribution is 9.10. The minimum absolute atomic E-state index is 0.0328. The molecule has 26 heavy (non-hydrogen) atoms. The van der Waals surface area contributed by atoms with Gasteiger partial charge in [-0.05, 0) is 65.9 Å². The smallest absolute Gasteiger partial charge is 0.268 e. The van der Waals surface area contributed by atoms with E-state index >= 15 is 0 Å². The first-order chi connectivity index (χ1) is 12.6. The van der Waals surface area contributed by atoms with Gasteiger partial charge in [0.05, 0.1) is 4.88 Å². The summed E-state index contributed by atoms with van der Waals surface area (Å²) in [4.78, 5) is 27.5. The quantitative estimate of drug-likeness (QED) is 0.642. The van der Waals surface area contributed by atoms with Gasteiger partial charge in [0.1, 0.15) is 0 Å². The van der Waals surface area contributed by atoms with Crippen LogP contribution in [-0.2, 0) is 6.42 Å². The Morgan fingerprint density at radius 3 is 2.62 bits per heavy atom. The van der Waals surface area contributed by atoms with Gasteiger partial charge in [0.15, 0.2) is 0 Å². The van der Waals surface area contributed by atoms with E-state index in [0.717, 1.165) is 32.7 Å². The molecule has 0 saturated heterocycles. The van der Waals surface area contributed by atoms with Crippen LogP contribution < -0.4 is 10.2 Å². The van der Waals surface area contributed by atoms with Crippen LogP contribution in [0.3, 0.4) is 0 Å². The molecule has 1 N–H and O–H groups in total. The molecule has 0 unspecified atom stereocenters. The van der Waals surface area contributed by atoms with Crippen molar-refractivity contribution in [2.24, 2.45) is 0 Å². The summed E-state index contributed by atoms with van der Waals surface area (Å²) in [6, 6.07) is 16.7. The third-order valence-corrected chi connectivity index (χ3v) is 5.70. The Bertz CT molecular complexity index is 968. The molecule has 130 valence electrons. The van der Waals surface area contributed by atoms with Gasteiger partial charge in [-0.3, -0.25) is 9.59 Å². The molecule has 0 aliphatic carbocycles. The number of hydrogen-bond donors (Lipinski definition) is 1. The summed E-state index contributed by atoms with van der Waals surface area (Å²) in [6.45, 7) is 0.663. The first-order valence-corrected chi connectivity index (χ1v) is 9.84. The van der Waals surface area contributed by atoms with E-state index in [9.17, 15) is 9.59 Å². The minimum atomic E-state index is -0.151. The van der Waals surface area contributed by atoms with Crippen molar-refractivity contribution in [3.63, 3.8) is 0 Å². The number of halogens is 1. The highest BCUT2D eigenvalue weighted by atomic mass is 79.9. The van der Waals surface area contributed by atoms with Crippen LogP contribution in [0.15, 0.2) is 64.5 Å². The maximum absolute atomic E-state index is 12.6. The molecule has 0 bridgehead atoms. The number of carbonyl (C=O) groups excluding carboxylic acids is 2. The van der Waals surface area contributed by atoms with E-state index in [1.54, 1.807) is 12.1 Å². The zero-order chi connectivity index (χ0) is 18.1. The van der Waals surface area contributed by atoms with Crippen LogP contribution in [0, 0.1) is 0 Å². The summed E-state index contributed by atoms with van der Waals surface area (Å²) in [5, 5.41) is 4.83. The third-order valence-electron chi connectivity index (χ3n) is 4.32. The number of amides is 2. The second-order valence-electron chi connectivity index (χ2n) is 5.99. The Labute approximate surface area is 163 Å². The number of benzene rings is 2. The zero-order valence-corrected chi connectivity index (χ0v) is 16.1. The van der Waals surface area contributed by atoms with Crippen molar-refractivity contribution >= 4 is 50.5 Å². The highest BCUT2D eigenvalue weighted by Gasteiger charge is 2.26. The SMILES string of the molecule is O=C(Nc1ccc2c(c1)CCN2C(=O)c1cccs1)c1ccc(Br)cc1. The first kappa shape index (κ1) is 17.0. The van der Waals surface area contributed by atoms with Gasteiger partial charge in [-0.15, -0.1) is 11.3 Å². The van der Waals surface area contributed by atoms with E-state index in [-0.39, 0.29) is 11.8 Å². The van der Waals surface area contributed by atoms with E-state index in [2.05, 4.69) is 21.2 Å². The van der Waals surface area contributed by atoms with Crippen molar-refractivity contribution in [2.45, 2.75) is 6.42 Å². The van der Waals surface area contributed by atoms with Crippen LogP contribution in [0.1, 0.15) is 25.6 Å². The molecule has 1 aliphatic rings. The molecule has 0 atom stereocenters.